The van der Waals surface area contributed by atoms with E-state index in [1.54, 1.807) is 12.3 Å². The van der Waals surface area contributed by atoms with Crippen molar-refractivity contribution in [3.05, 3.63) is 29.8 Å². The number of likely N-dealkylation sites (tertiary alicyclic amines) is 1. The molecule has 4 heteroatoms. The predicted molar refractivity (Wildman–Crippen MR) is 73.2 cm³/mol. The molecule has 3 unspecified atom stereocenters. The Balaban J connectivity index is 1.86. The molecule has 3 atom stereocenters. The summed E-state index contributed by atoms with van der Waals surface area (Å²) in [5.41, 5.74) is 1.13. The minimum atomic E-state index is -0.247. The third kappa shape index (κ3) is 2.07. The van der Waals surface area contributed by atoms with E-state index in [-0.39, 0.29) is 17.4 Å². The number of rotatable bonds is 2. The summed E-state index contributed by atoms with van der Waals surface area (Å²) in [6.45, 7) is 10.1. The Labute approximate surface area is 114 Å². The molecule has 0 aliphatic carbocycles. The highest BCUT2D eigenvalue weighted by molar-refractivity contribution is 5.17. The molecule has 0 saturated carbocycles. The molecule has 3 rings (SSSR count). The molecule has 2 aliphatic rings. The molecule has 19 heavy (non-hydrogen) atoms. The van der Waals surface area contributed by atoms with Gasteiger partial charge in [0, 0.05) is 30.9 Å². The number of nitrogens with one attached hydrogen (secondary N) is 1. The third-order valence-corrected chi connectivity index (χ3v) is 5.09. The molecule has 0 spiro atoms. The van der Waals surface area contributed by atoms with Crippen LogP contribution >= 0.6 is 0 Å². The van der Waals surface area contributed by atoms with Crippen molar-refractivity contribution < 1.29 is 4.39 Å². The maximum atomic E-state index is 13.3. The van der Waals surface area contributed by atoms with E-state index < -0.39 is 0 Å². The molecule has 0 aromatic carbocycles. The van der Waals surface area contributed by atoms with Gasteiger partial charge in [-0.25, -0.2) is 4.39 Å². The van der Waals surface area contributed by atoms with Gasteiger partial charge in [0.05, 0.1) is 6.20 Å². The molecular weight excluding hydrogens is 241 g/mol. The number of pyridine rings is 1. The Morgan fingerprint density at radius 1 is 1.42 bits per heavy atom. The smallest absolute Gasteiger partial charge is 0.141 e. The van der Waals surface area contributed by atoms with Crippen molar-refractivity contribution in [2.24, 2.45) is 11.8 Å². The topological polar surface area (TPSA) is 28.2 Å². The zero-order chi connectivity index (χ0) is 13.6. The van der Waals surface area contributed by atoms with Crippen molar-refractivity contribution in [1.82, 2.24) is 15.2 Å². The van der Waals surface area contributed by atoms with Crippen molar-refractivity contribution in [2.75, 3.05) is 19.6 Å². The summed E-state index contributed by atoms with van der Waals surface area (Å²) in [6, 6.07) is 1.82. The first kappa shape index (κ1) is 13.0. The van der Waals surface area contributed by atoms with Gasteiger partial charge in [-0.05, 0) is 50.8 Å². The van der Waals surface area contributed by atoms with Gasteiger partial charge in [0.15, 0.2) is 0 Å². The number of nitrogens with zero attached hydrogens (tertiary/aromatic N) is 2. The van der Waals surface area contributed by atoms with Crippen LogP contribution in [0, 0.1) is 17.7 Å². The number of hydrogen-bond donors (Lipinski definition) is 1. The fourth-order valence-corrected chi connectivity index (χ4v) is 3.95. The van der Waals surface area contributed by atoms with Gasteiger partial charge < -0.3 is 5.32 Å². The Bertz CT molecular complexity index is 474. The quantitative estimate of drug-likeness (QED) is 0.886. The van der Waals surface area contributed by atoms with Crippen LogP contribution in [0.15, 0.2) is 18.5 Å². The fraction of sp³-hybridized carbons (Fsp3) is 0.667. The van der Waals surface area contributed by atoms with Crippen LogP contribution in [0.2, 0.25) is 0 Å². The summed E-state index contributed by atoms with van der Waals surface area (Å²) in [5, 5.41) is 3.49. The van der Waals surface area contributed by atoms with Crippen molar-refractivity contribution in [1.29, 1.82) is 0 Å². The first-order chi connectivity index (χ1) is 9.00. The first-order valence-electron chi connectivity index (χ1n) is 7.08. The number of halogens is 1. The van der Waals surface area contributed by atoms with Crippen molar-refractivity contribution in [3.63, 3.8) is 0 Å². The van der Waals surface area contributed by atoms with E-state index in [2.05, 4.69) is 36.0 Å². The minimum Gasteiger partial charge on any atom is -0.316 e. The highest BCUT2D eigenvalue weighted by Crippen LogP contribution is 2.44. The highest BCUT2D eigenvalue weighted by Gasteiger charge is 2.50. The first-order valence-corrected chi connectivity index (χ1v) is 7.08. The molecule has 1 aromatic heterocycles. The molecule has 3 nitrogen and oxygen atoms in total. The highest BCUT2D eigenvalue weighted by atomic mass is 19.1. The summed E-state index contributed by atoms with van der Waals surface area (Å²) in [6.07, 6.45) is 3.06. The monoisotopic (exact) mass is 263 g/mol. The lowest BCUT2D eigenvalue weighted by molar-refractivity contribution is 0.0967. The van der Waals surface area contributed by atoms with Gasteiger partial charge in [0.25, 0.3) is 0 Å². The van der Waals surface area contributed by atoms with E-state index in [4.69, 9.17) is 0 Å². The largest absolute Gasteiger partial charge is 0.316 e. The standard InChI is InChI=1S/C15H22FN3/c1-10(11-4-13(16)7-17-5-11)19-9-12-6-18-8-14(12)15(19,2)3/h4-5,7,10,12,14,18H,6,8-9H2,1-3H3. The van der Waals surface area contributed by atoms with Gasteiger partial charge in [0.1, 0.15) is 5.82 Å². The van der Waals surface area contributed by atoms with Gasteiger partial charge >= 0.3 is 0 Å². The van der Waals surface area contributed by atoms with Crippen LogP contribution in [-0.4, -0.2) is 35.1 Å². The zero-order valence-corrected chi connectivity index (χ0v) is 11.9. The van der Waals surface area contributed by atoms with E-state index >= 15 is 0 Å². The van der Waals surface area contributed by atoms with Crippen LogP contribution in [0.5, 0.6) is 0 Å². The molecule has 0 bridgehead atoms. The second-order valence-corrected chi connectivity index (χ2v) is 6.44. The van der Waals surface area contributed by atoms with Crippen LogP contribution in [0.1, 0.15) is 32.4 Å². The van der Waals surface area contributed by atoms with E-state index in [1.807, 2.05) is 0 Å². The third-order valence-electron chi connectivity index (χ3n) is 5.09. The maximum absolute atomic E-state index is 13.3. The number of fused-ring (bicyclic) bond motifs is 1. The van der Waals surface area contributed by atoms with Gasteiger partial charge in [0.2, 0.25) is 0 Å². The zero-order valence-electron chi connectivity index (χ0n) is 11.9. The predicted octanol–water partition coefficient (Wildman–Crippen LogP) is 2.21. The van der Waals surface area contributed by atoms with Crippen LogP contribution in [0.25, 0.3) is 0 Å². The van der Waals surface area contributed by atoms with Crippen LogP contribution in [0.3, 0.4) is 0 Å². The molecular formula is C15H22FN3. The van der Waals surface area contributed by atoms with Crippen molar-refractivity contribution >= 4 is 0 Å². The average Bonchev–Trinajstić information content (AvgIpc) is 2.91. The number of hydrogen-bond acceptors (Lipinski definition) is 3. The lowest BCUT2D eigenvalue weighted by Crippen LogP contribution is -2.45. The summed E-state index contributed by atoms with van der Waals surface area (Å²) in [4.78, 5) is 6.50. The lowest BCUT2D eigenvalue weighted by atomic mass is 9.84. The fourth-order valence-electron chi connectivity index (χ4n) is 3.95. The van der Waals surface area contributed by atoms with Gasteiger partial charge in [-0.1, -0.05) is 0 Å². The molecule has 2 saturated heterocycles. The van der Waals surface area contributed by atoms with E-state index in [0.29, 0.717) is 5.92 Å². The lowest BCUT2D eigenvalue weighted by Gasteiger charge is -2.39. The van der Waals surface area contributed by atoms with Gasteiger partial charge in [-0.3, -0.25) is 9.88 Å². The van der Waals surface area contributed by atoms with E-state index in [1.165, 1.54) is 6.20 Å². The second-order valence-electron chi connectivity index (χ2n) is 6.44. The molecule has 1 aromatic rings. The van der Waals surface area contributed by atoms with Crippen LogP contribution in [0.4, 0.5) is 4.39 Å². The van der Waals surface area contributed by atoms with Crippen LogP contribution < -0.4 is 5.32 Å². The Morgan fingerprint density at radius 3 is 2.89 bits per heavy atom. The summed E-state index contributed by atoms with van der Waals surface area (Å²) < 4.78 is 13.3. The molecule has 0 amide bonds. The minimum absolute atomic E-state index is 0.153. The summed E-state index contributed by atoms with van der Waals surface area (Å²) >= 11 is 0. The summed E-state index contributed by atoms with van der Waals surface area (Å²) in [7, 11) is 0. The number of aromatic nitrogens is 1. The molecule has 1 N–H and O–H groups in total. The normalized spacial score (nSPS) is 31.4. The van der Waals surface area contributed by atoms with Gasteiger partial charge in [-0.15, -0.1) is 0 Å². The molecule has 104 valence electrons. The van der Waals surface area contributed by atoms with Crippen LogP contribution in [-0.2, 0) is 0 Å². The second kappa shape index (κ2) is 4.53. The average molecular weight is 263 g/mol. The molecule has 0 radical (unpaired) electrons. The Hall–Kier alpha value is -1.00. The Kier molecular flexibility index (Phi) is 3.10. The maximum Gasteiger partial charge on any atom is 0.141 e. The van der Waals surface area contributed by atoms with Crippen molar-refractivity contribution in [2.45, 2.75) is 32.4 Å². The van der Waals surface area contributed by atoms with E-state index in [0.717, 1.165) is 31.1 Å². The molecule has 2 aliphatic heterocycles. The van der Waals surface area contributed by atoms with Crippen molar-refractivity contribution in [3.8, 4) is 0 Å². The molecule has 3 heterocycles. The van der Waals surface area contributed by atoms with Gasteiger partial charge in [-0.2, -0.15) is 0 Å². The SMILES string of the molecule is CC(c1cncc(F)c1)N1CC2CNCC2C1(C)C. The molecule has 2 fully saturated rings. The Morgan fingerprint density at radius 2 is 2.21 bits per heavy atom. The van der Waals surface area contributed by atoms with E-state index in [9.17, 15) is 4.39 Å². The summed E-state index contributed by atoms with van der Waals surface area (Å²) in [5.74, 6) is 1.17.